The fraction of sp³-hybridized carbons (Fsp3) is 0.588. The summed E-state index contributed by atoms with van der Waals surface area (Å²) in [5.41, 5.74) is 0.438. The first-order valence-corrected chi connectivity index (χ1v) is 8.15. The zero-order valence-electron chi connectivity index (χ0n) is 13.8. The SMILES string of the molecule is CCOC(OCC)C(=O)CC(=O)c1ccc(N2CCCC2)nc1. The van der Waals surface area contributed by atoms with Gasteiger partial charge in [0.05, 0.1) is 6.42 Å². The van der Waals surface area contributed by atoms with E-state index in [0.717, 1.165) is 18.9 Å². The second-order valence-corrected chi connectivity index (χ2v) is 5.41. The van der Waals surface area contributed by atoms with E-state index in [9.17, 15) is 9.59 Å². The molecule has 126 valence electrons. The second-order valence-electron chi connectivity index (χ2n) is 5.41. The Kier molecular flexibility index (Phi) is 6.67. The molecule has 1 fully saturated rings. The van der Waals surface area contributed by atoms with Gasteiger partial charge in [-0.25, -0.2) is 4.98 Å². The highest BCUT2D eigenvalue weighted by molar-refractivity contribution is 6.08. The van der Waals surface area contributed by atoms with E-state index < -0.39 is 6.29 Å². The van der Waals surface area contributed by atoms with Crippen LogP contribution in [0, 0.1) is 0 Å². The number of carbonyl (C=O) groups excluding carboxylic acids is 2. The lowest BCUT2D eigenvalue weighted by Gasteiger charge is -2.16. The minimum absolute atomic E-state index is 0.241. The number of hydrogen-bond acceptors (Lipinski definition) is 6. The van der Waals surface area contributed by atoms with Crippen LogP contribution >= 0.6 is 0 Å². The molecule has 0 aromatic carbocycles. The lowest BCUT2D eigenvalue weighted by molar-refractivity contribution is -0.166. The third-order valence-corrected chi connectivity index (χ3v) is 3.73. The molecule has 0 atom stereocenters. The topological polar surface area (TPSA) is 68.7 Å². The Morgan fingerprint density at radius 3 is 2.35 bits per heavy atom. The molecule has 0 unspecified atom stereocenters. The molecule has 1 aliphatic heterocycles. The van der Waals surface area contributed by atoms with E-state index in [1.165, 1.54) is 12.8 Å². The summed E-state index contributed by atoms with van der Waals surface area (Å²) in [7, 11) is 0. The van der Waals surface area contributed by atoms with Gasteiger partial charge >= 0.3 is 0 Å². The number of carbonyl (C=O) groups is 2. The average Bonchev–Trinajstić information content (AvgIpc) is 3.09. The van der Waals surface area contributed by atoms with Gasteiger partial charge in [0, 0.05) is 38.1 Å². The first kappa shape index (κ1) is 17.6. The van der Waals surface area contributed by atoms with Crippen molar-refractivity contribution in [3.05, 3.63) is 23.9 Å². The molecule has 0 radical (unpaired) electrons. The van der Waals surface area contributed by atoms with Gasteiger partial charge in [-0.05, 0) is 38.8 Å². The van der Waals surface area contributed by atoms with Crippen molar-refractivity contribution in [2.24, 2.45) is 0 Å². The summed E-state index contributed by atoms with van der Waals surface area (Å²) in [5.74, 6) is 0.258. The van der Waals surface area contributed by atoms with Gasteiger partial charge < -0.3 is 14.4 Å². The molecule has 1 aliphatic rings. The van der Waals surface area contributed by atoms with E-state index in [1.54, 1.807) is 26.1 Å². The third-order valence-electron chi connectivity index (χ3n) is 3.73. The zero-order chi connectivity index (χ0) is 16.7. The molecule has 1 saturated heterocycles. The van der Waals surface area contributed by atoms with Crippen LogP contribution < -0.4 is 4.90 Å². The summed E-state index contributed by atoms with van der Waals surface area (Å²) in [6.45, 7) is 6.28. The summed E-state index contributed by atoms with van der Waals surface area (Å²) in [6, 6.07) is 3.57. The predicted octanol–water partition coefficient (Wildman–Crippen LogP) is 2.22. The summed E-state index contributed by atoms with van der Waals surface area (Å²) < 4.78 is 10.4. The molecule has 0 saturated carbocycles. The molecule has 0 spiro atoms. The van der Waals surface area contributed by atoms with Crippen LogP contribution in [0.5, 0.6) is 0 Å². The van der Waals surface area contributed by atoms with Gasteiger partial charge in [-0.3, -0.25) is 9.59 Å². The number of Topliss-reactive ketones (excluding diaryl/α,β-unsaturated/α-hetero) is 2. The highest BCUT2D eigenvalue weighted by atomic mass is 16.7. The molecule has 0 amide bonds. The van der Waals surface area contributed by atoms with Gasteiger partial charge in [0.1, 0.15) is 5.82 Å². The van der Waals surface area contributed by atoms with E-state index in [2.05, 4.69) is 9.88 Å². The number of anilines is 1. The molecule has 2 rings (SSSR count). The fourth-order valence-corrected chi connectivity index (χ4v) is 2.56. The minimum atomic E-state index is -0.967. The van der Waals surface area contributed by atoms with Crippen molar-refractivity contribution in [1.82, 2.24) is 4.98 Å². The lowest BCUT2D eigenvalue weighted by Crippen LogP contribution is -2.29. The number of pyridine rings is 1. The van der Waals surface area contributed by atoms with Crippen LogP contribution in [0.25, 0.3) is 0 Å². The Bertz CT molecular complexity index is 518. The monoisotopic (exact) mass is 320 g/mol. The number of aromatic nitrogens is 1. The zero-order valence-corrected chi connectivity index (χ0v) is 13.8. The van der Waals surface area contributed by atoms with Crippen molar-refractivity contribution in [1.29, 1.82) is 0 Å². The standard InChI is InChI=1S/C17H24N2O4/c1-3-22-17(23-4-2)15(21)11-14(20)13-7-8-16(18-12-13)19-9-5-6-10-19/h7-8,12,17H,3-6,9-11H2,1-2H3. The average molecular weight is 320 g/mol. The minimum Gasteiger partial charge on any atom is -0.357 e. The van der Waals surface area contributed by atoms with Gasteiger partial charge in [0.2, 0.25) is 6.29 Å². The summed E-state index contributed by atoms with van der Waals surface area (Å²) in [4.78, 5) is 30.8. The molecule has 1 aromatic rings. The van der Waals surface area contributed by atoms with E-state index in [1.807, 2.05) is 6.07 Å². The van der Waals surface area contributed by atoms with Gasteiger partial charge in [-0.2, -0.15) is 0 Å². The van der Waals surface area contributed by atoms with Crippen LogP contribution in [-0.4, -0.2) is 49.1 Å². The van der Waals surface area contributed by atoms with E-state index in [4.69, 9.17) is 9.47 Å². The number of ether oxygens (including phenoxy) is 2. The largest absolute Gasteiger partial charge is 0.357 e. The molecule has 0 N–H and O–H groups in total. The second kappa shape index (κ2) is 8.74. The maximum absolute atomic E-state index is 12.2. The number of rotatable bonds is 9. The quantitative estimate of drug-likeness (QED) is 0.395. The van der Waals surface area contributed by atoms with Gasteiger partial charge in [0.25, 0.3) is 0 Å². The van der Waals surface area contributed by atoms with E-state index >= 15 is 0 Å². The maximum Gasteiger partial charge on any atom is 0.218 e. The van der Waals surface area contributed by atoms with Crippen LogP contribution in [0.2, 0.25) is 0 Å². The van der Waals surface area contributed by atoms with Crippen molar-refractivity contribution in [3.8, 4) is 0 Å². The molecule has 0 bridgehead atoms. The molecule has 6 heteroatoms. The molecular weight excluding hydrogens is 296 g/mol. The first-order chi connectivity index (χ1) is 11.2. The Labute approximate surface area is 136 Å². The normalized spacial score (nSPS) is 14.5. The Hall–Kier alpha value is -1.79. The van der Waals surface area contributed by atoms with Crippen LogP contribution in [0.1, 0.15) is 43.5 Å². The van der Waals surface area contributed by atoms with Crippen LogP contribution in [-0.2, 0) is 14.3 Å². The van der Waals surface area contributed by atoms with Crippen LogP contribution in [0.4, 0.5) is 5.82 Å². The van der Waals surface area contributed by atoms with E-state index in [-0.39, 0.29) is 18.0 Å². The molecular formula is C17H24N2O4. The van der Waals surface area contributed by atoms with Crippen molar-refractivity contribution in [2.45, 2.75) is 39.4 Å². The van der Waals surface area contributed by atoms with Crippen molar-refractivity contribution < 1.29 is 19.1 Å². The summed E-state index contributed by atoms with van der Waals surface area (Å²) >= 11 is 0. The number of hydrogen-bond donors (Lipinski definition) is 0. The molecule has 1 aromatic heterocycles. The third kappa shape index (κ3) is 4.84. The Morgan fingerprint density at radius 1 is 1.17 bits per heavy atom. The number of nitrogens with zero attached hydrogens (tertiary/aromatic N) is 2. The van der Waals surface area contributed by atoms with Crippen LogP contribution in [0.3, 0.4) is 0 Å². The Balaban J connectivity index is 1.95. The van der Waals surface area contributed by atoms with Crippen molar-refractivity contribution in [2.75, 3.05) is 31.2 Å². The molecule has 0 aliphatic carbocycles. The first-order valence-electron chi connectivity index (χ1n) is 8.15. The summed E-state index contributed by atoms with van der Waals surface area (Å²) in [6.07, 6.45) is 2.68. The van der Waals surface area contributed by atoms with E-state index in [0.29, 0.717) is 18.8 Å². The van der Waals surface area contributed by atoms with Gasteiger partial charge in [-0.15, -0.1) is 0 Å². The summed E-state index contributed by atoms with van der Waals surface area (Å²) in [5, 5.41) is 0. The molecule has 6 nitrogen and oxygen atoms in total. The highest BCUT2D eigenvalue weighted by Crippen LogP contribution is 2.18. The highest BCUT2D eigenvalue weighted by Gasteiger charge is 2.23. The number of ketones is 2. The molecule has 2 heterocycles. The molecule has 23 heavy (non-hydrogen) atoms. The lowest BCUT2D eigenvalue weighted by atomic mass is 10.1. The predicted molar refractivity (Wildman–Crippen MR) is 86.7 cm³/mol. The van der Waals surface area contributed by atoms with Gasteiger partial charge in [0.15, 0.2) is 11.6 Å². The van der Waals surface area contributed by atoms with Gasteiger partial charge in [-0.1, -0.05) is 0 Å². The van der Waals surface area contributed by atoms with Crippen molar-refractivity contribution >= 4 is 17.4 Å². The van der Waals surface area contributed by atoms with Crippen molar-refractivity contribution in [3.63, 3.8) is 0 Å². The maximum atomic E-state index is 12.2. The fourth-order valence-electron chi connectivity index (χ4n) is 2.56. The smallest absolute Gasteiger partial charge is 0.218 e. The Morgan fingerprint density at radius 2 is 1.83 bits per heavy atom. The van der Waals surface area contributed by atoms with Crippen LogP contribution in [0.15, 0.2) is 18.3 Å².